The predicted octanol–water partition coefficient (Wildman–Crippen LogP) is 11.8. The molecule has 0 aliphatic heterocycles. The Morgan fingerprint density at radius 3 is 1.10 bits per heavy atom. The minimum Gasteiger partial charge on any atom is -0.486 e. The normalized spacial score (nSPS) is 11.7. The van der Waals surface area contributed by atoms with Crippen LogP contribution in [0, 0.1) is 0 Å². The van der Waals surface area contributed by atoms with Gasteiger partial charge in [-0.05, 0) is 36.1 Å². The second kappa shape index (κ2) is 26.5. The molecule has 0 saturated carbocycles. The number of ether oxygens (including phenoxy) is 4. The molecule has 0 radical (unpaired) electrons. The Kier molecular flexibility index (Phi) is 23.2. The van der Waals surface area contributed by atoms with Crippen molar-refractivity contribution in [1.82, 2.24) is 29.9 Å². The molecule has 0 aliphatic rings. The van der Waals surface area contributed by atoms with E-state index in [1.165, 1.54) is 37.2 Å². The minimum absolute atomic E-state index is 0.00333. The van der Waals surface area contributed by atoms with Crippen molar-refractivity contribution in [3.63, 3.8) is 0 Å². The molecular formula is C40H48F10N6O4. The summed E-state index contributed by atoms with van der Waals surface area (Å²) in [6.07, 6.45) is -4.09. The number of alkyl halides is 10. The molecule has 10 nitrogen and oxygen atoms in total. The van der Waals surface area contributed by atoms with Crippen molar-refractivity contribution in [2.24, 2.45) is 0 Å². The summed E-state index contributed by atoms with van der Waals surface area (Å²) in [6, 6.07) is 6.75. The average molecular weight is 867 g/mol. The maximum atomic E-state index is 11.8. The molecule has 4 heterocycles. The molecule has 60 heavy (non-hydrogen) atoms. The highest BCUT2D eigenvalue weighted by Crippen LogP contribution is 2.20. The smallest absolute Gasteiger partial charge is 0.412 e. The zero-order valence-corrected chi connectivity index (χ0v) is 34.1. The van der Waals surface area contributed by atoms with Crippen LogP contribution in [0.2, 0.25) is 0 Å². The first-order chi connectivity index (χ1) is 28.0. The van der Waals surface area contributed by atoms with Gasteiger partial charge in [0.1, 0.15) is 36.4 Å². The SMILES string of the molecule is CC(C)c1ccc(O/C=C\C(F)(F)F)cn1.CC(C)c1ccc(OCC(F)F)cn1.CC(C)c1ncc(O/C=C\C(F)(F)F)cn1.CC(C)c1ncc(OCC(F)F)cn1. The van der Waals surface area contributed by atoms with Crippen molar-refractivity contribution in [3.8, 4) is 23.0 Å². The Morgan fingerprint density at radius 2 is 0.783 bits per heavy atom. The zero-order valence-electron chi connectivity index (χ0n) is 34.1. The third-order valence-corrected chi connectivity index (χ3v) is 6.70. The summed E-state index contributed by atoms with van der Waals surface area (Å²) in [7, 11) is 0. The van der Waals surface area contributed by atoms with Gasteiger partial charge < -0.3 is 18.9 Å². The minimum atomic E-state index is -4.38. The van der Waals surface area contributed by atoms with Crippen molar-refractivity contribution in [2.75, 3.05) is 13.2 Å². The van der Waals surface area contributed by atoms with Crippen LogP contribution in [0.4, 0.5) is 43.9 Å². The van der Waals surface area contributed by atoms with Crippen LogP contribution in [-0.4, -0.2) is 68.3 Å². The molecule has 0 unspecified atom stereocenters. The number of rotatable bonds is 14. The first-order valence-corrected chi connectivity index (χ1v) is 18.2. The molecule has 4 aromatic heterocycles. The Morgan fingerprint density at radius 1 is 0.450 bits per heavy atom. The fraction of sp³-hybridized carbons (Fsp3) is 0.450. The molecule has 0 aromatic carbocycles. The van der Waals surface area contributed by atoms with Crippen LogP contribution in [0.3, 0.4) is 0 Å². The lowest BCUT2D eigenvalue weighted by Crippen LogP contribution is -2.08. The fourth-order valence-electron chi connectivity index (χ4n) is 3.70. The number of nitrogens with zero attached hydrogens (tertiary/aromatic N) is 6. The second-order valence-corrected chi connectivity index (χ2v) is 13.3. The van der Waals surface area contributed by atoms with Crippen molar-refractivity contribution >= 4 is 0 Å². The summed E-state index contributed by atoms with van der Waals surface area (Å²) in [6.45, 7) is 14.5. The molecule has 0 fully saturated rings. The van der Waals surface area contributed by atoms with Gasteiger partial charge in [-0.15, -0.1) is 0 Å². The fourth-order valence-corrected chi connectivity index (χ4v) is 3.70. The quantitative estimate of drug-likeness (QED) is 0.0896. The highest BCUT2D eigenvalue weighted by molar-refractivity contribution is 5.23. The topological polar surface area (TPSA) is 114 Å². The standard InChI is InChI=1S/C11H12F3NO.C10H11F3N2O.C10H13F2NO.C9H12F2N2O/c1-8(2)10-4-3-9(7-15-10)16-6-5-11(12,13)14;1-7(2)9-14-5-8(6-15-9)16-4-3-10(11,12)13;1-7(2)9-4-3-8(5-13-9)14-6-10(11)12;1-6(2)9-12-3-7(4-13-9)14-5-8(10)11/h3-8H,1-2H3;3-7H,1-2H3;3-5,7,10H,6H2,1-2H3;3-4,6,8H,5H2,1-2H3/b6-5-;4-3-;;. The van der Waals surface area contributed by atoms with E-state index >= 15 is 0 Å². The summed E-state index contributed by atoms with van der Waals surface area (Å²) < 4.78 is 136. The molecule has 0 spiro atoms. The number of hydrogen-bond acceptors (Lipinski definition) is 10. The van der Waals surface area contributed by atoms with Crippen LogP contribution < -0.4 is 18.9 Å². The van der Waals surface area contributed by atoms with Crippen LogP contribution >= 0.6 is 0 Å². The first-order valence-electron chi connectivity index (χ1n) is 18.2. The van der Waals surface area contributed by atoms with Gasteiger partial charge in [-0.3, -0.25) is 9.97 Å². The van der Waals surface area contributed by atoms with Crippen molar-refractivity contribution in [3.05, 3.63) is 109 Å². The van der Waals surface area contributed by atoms with E-state index in [1.54, 1.807) is 24.3 Å². The Balaban J connectivity index is 0.000000401. The number of allylic oxidation sites excluding steroid dienone is 2. The van der Waals surface area contributed by atoms with Crippen LogP contribution in [0.1, 0.15) is 102 Å². The average Bonchev–Trinajstić information content (AvgIpc) is 3.17. The Labute approximate surface area is 342 Å². The summed E-state index contributed by atoms with van der Waals surface area (Å²) in [5.41, 5.74) is 1.79. The van der Waals surface area contributed by atoms with Gasteiger partial charge in [0.2, 0.25) is 0 Å². The molecule has 0 atom stereocenters. The predicted molar refractivity (Wildman–Crippen MR) is 204 cm³/mol. The lowest BCUT2D eigenvalue weighted by Gasteiger charge is -2.07. The summed E-state index contributed by atoms with van der Waals surface area (Å²) in [5, 5.41) is 0. The summed E-state index contributed by atoms with van der Waals surface area (Å²) >= 11 is 0. The zero-order chi connectivity index (χ0) is 45.5. The molecule has 20 heteroatoms. The van der Waals surface area contributed by atoms with Gasteiger partial charge in [-0.25, -0.2) is 37.5 Å². The Bertz CT molecular complexity index is 1660. The highest BCUT2D eigenvalue weighted by Gasteiger charge is 2.23. The van der Waals surface area contributed by atoms with E-state index in [1.807, 2.05) is 55.4 Å². The maximum absolute atomic E-state index is 11.8. The van der Waals surface area contributed by atoms with Gasteiger partial charge in [-0.1, -0.05) is 55.4 Å². The van der Waals surface area contributed by atoms with E-state index < -0.39 is 38.4 Å². The van der Waals surface area contributed by atoms with E-state index in [9.17, 15) is 43.9 Å². The number of pyridine rings is 2. The van der Waals surface area contributed by atoms with Gasteiger partial charge in [0.15, 0.2) is 11.5 Å². The van der Waals surface area contributed by atoms with E-state index in [0.717, 1.165) is 11.4 Å². The molecule has 0 aliphatic carbocycles. The van der Waals surface area contributed by atoms with Crippen molar-refractivity contribution in [1.29, 1.82) is 0 Å². The molecular weight excluding hydrogens is 818 g/mol. The number of hydrogen-bond donors (Lipinski definition) is 0. The van der Waals surface area contributed by atoms with Crippen LogP contribution in [-0.2, 0) is 0 Å². The van der Waals surface area contributed by atoms with E-state index in [-0.39, 0.29) is 47.2 Å². The van der Waals surface area contributed by atoms with Gasteiger partial charge in [0.25, 0.3) is 12.9 Å². The van der Waals surface area contributed by atoms with E-state index in [0.29, 0.717) is 35.8 Å². The van der Waals surface area contributed by atoms with Crippen LogP contribution in [0.25, 0.3) is 0 Å². The first kappa shape index (κ1) is 52.5. The van der Waals surface area contributed by atoms with Gasteiger partial charge in [0, 0.05) is 23.2 Å². The Hall–Kier alpha value is -5.56. The molecule has 0 N–H and O–H groups in total. The summed E-state index contributed by atoms with van der Waals surface area (Å²) in [5.74, 6) is 3.40. The lowest BCUT2D eigenvalue weighted by atomic mass is 10.1. The van der Waals surface area contributed by atoms with Gasteiger partial charge >= 0.3 is 12.4 Å². The summed E-state index contributed by atoms with van der Waals surface area (Å²) in [4.78, 5) is 24.0. The van der Waals surface area contributed by atoms with Crippen LogP contribution in [0.15, 0.2) is 86.1 Å². The van der Waals surface area contributed by atoms with Crippen LogP contribution in [0.5, 0.6) is 23.0 Å². The molecule has 4 aromatic rings. The maximum Gasteiger partial charge on any atom is 0.412 e. The third-order valence-electron chi connectivity index (χ3n) is 6.70. The number of halogens is 10. The molecule has 332 valence electrons. The highest BCUT2D eigenvalue weighted by atomic mass is 19.4. The van der Waals surface area contributed by atoms with E-state index in [2.05, 4.69) is 29.9 Å². The van der Waals surface area contributed by atoms with Crippen molar-refractivity contribution < 1.29 is 62.9 Å². The van der Waals surface area contributed by atoms with E-state index in [4.69, 9.17) is 18.9 Å². The van der Waals surface area contributed by atoms with Gasteiger partial charge in [0.05, 0.1) is 61.9 Å². The number of aromatic nitrogens is 6. The largest absolute Gasteiger partial charge is 0.486 e. The monoisotopic (exact) mass is 866 g/mol. The van der Waals surface area contributed by atoms with Crippen molar-refractivity contribution in [2.45, 2.75) is 104 Å². The molecule has 0 amide bonds. The third kappa shape index (κ3) is 25.0. The molecule has 4 rings (SSSR count). The lowest BCUT2D eigenvalue weighted by molar-refractivity contribution is -0.0819. The molecule has 0 bridgehead atoms. The van der Waals surface area contributed by atoms with Gasteiger partial charge in [-0.2, -0.15) is 26.3 Å². The second-order valence-electron chi connectivity index (χ2n) is 13.3. The molecule has 0 saturated heterocycles.